The van der Waals surface area contributed by atoms with Crippen LogP contribution in [-0.4, -0.2) is 30.0 Å². The van der Waals surface area contributed by atoms with Gasteiger partial charge in [0.25, 0.3) is 0 Å². The van der Waals surface area contributed by atoms with E-state index in [4.69, 9.17) is 0 Å². The van der Waals surface area contributed by atoms with Crippen LogP contribution in [0.4, 0.5) is 0 Å². The standard InChI is InChI=1S/C16H24O4S/c1-12-7-5-6-8-13(12)11-14(15(17)18)9-10-21(19,20)16(2,3)4/h5-8,14H,9-11H2,1-4H3,(H,17,18). The van der Waals surface area contributed by atoms with Gasteiger partial charge in [-0.1, -0.05) is 24.3 Å². The largest absolute Gasteiger partial charge is 0.481 e. The molecule has 1 unspecified atom stereocenters. The van der Waals surface area contributed by atoms with Crippen LogP contribution in [0.15, 0.2) is 24.3 Å². The summed E-state index contributed by atoms with van der Waals surface area (Å²) in [6.07, 6.45) is 0.505. The molecule has 0 heterocycles. The fourth-order valence-electron chi connectivity index (χ4n) is 2.02. The molecule has 21 heavy (non-hydrogen) atoms. The summed E-state index contributed by atoms with van der Waals surface area (Å²) < 4.78 is 23.4. The van der Waals surface area contributed by atoms with Crippen molar-refractivity contribution in [3.05, 3.63) is 35.4 Å². The fraction of sp³-hybridized carbons (Fsp3) is 0.562. The maximum absolute atomic E-state index is 12.1. The molecule has 1 rings (SSSR count). The van der Waals surface area contributed by atoms with Gasteiger partial charge in [-0.2, -0.15) is 0 Å². The molecule has 0 aliphatic heterocycles. The Morgan fingerprint density at radius 3 is 2.29 bits per heavy atom. The molecule has 4 nitrogen and oxygen atoms in total. The zero-order valence-corrected chi connectivity index (χ0v) is 13.9. The van der Waals surface area contributed by atoms with Gasteiger partial charge in [0.15, 0.2) is 9.84 Å². The van der Waals surface area contributed by atoms with E-state index in [9.17, 15) is 18.3 Å². The number of aliphatic carboxylic acids is 1. The third-order valence-electron chi connectivity index (χ3n) is 3.74. The first-order valence-electron chi connectivity index (χ1n) is 7.04. The van der Waals surface area contributed by atoms with E-state index in [2.05, 4.69) is 0 Å². The van der Waals surface area contributed by atoms with Gasteiger partial charge < -0.3 is 5.11 Å². The van der Waals surface area contributed by atoms with Gasteiger partial charge in [0, 0.05) is 0 Å². The van der Waals surface area contributed by atoms with E-state index in [1.165, 1.54) is 0 Å². The van der Waals surface area contributed by atoms with Crippen molar-refractivity contribution in [2.24, 2.45) is 5.92 Å². The van der Waals surface area contributed by atoms with Crippen molar-refractivity contribution in [2.45, 2.75) is 45.3 Å². The van der Waals surface area contributed by atoms with Crippen molar-refractivity contribution in [1.29, 1.82) is 0 Å². The molecule has 1 aromatic rings. The number of hydrogen-bond donors (Lipinski definition) is 1. The lowest BCUT2D eigenvalue weighted by Crippen LogP contribution is -2.32. The lowest BCUT2D eigenvalue weighted by Gasteiger charge is -2.21. The Morgan fingerprint density at radius 1 is 1.24 bits per heavy atom. The summed E-state index contributed by atoms with van der Waals surface area (Å²) in [6, 6.07) is 7.59. The van der Waals surface area contributed by atoms with Crippen molar-refractivity contribution in [2.75, 3.05) is 5.75 Å². The smallest absolute Gasteiger partial charge is 0.306 e. The summed E-state index contributed by atoms with van der Waals surface area (Å²) in [4.78, 5) is 11.4. The normalized spacial score (nSPS) is 13.9. The molecular formula is C16H24O4S. The monoisotopic (exact) mass is 312 g/mol. The Morgan fingerprint density at radius 2 is 1.81 bits per heavy atom. The molecule has 118 valence electrons. The highest BCUT2D eigenvalue weighted by Gasteiger charge is 2.30. The van der Waals surface area contributed by atoms with Crippen molar-refractivity contribution >= 4 is 15.8 Å². The van der Waals surface area contributed by atoms with E-state index >= 15 is 0 Å². The first-order chi connectivity index (χ1) is 9.54. The Hall–Kier alpha value is -1.36. The number of carboxylic acid groups (broad SMARTS) is 1. The Labute approximate surface area is 127 Å². The third kappa shape index (κ3) is 4.84. The lowest BCUT2D eigenvalue weighted by atomic mass is 9.94. The van der Waals surface area contributed by atoms with Gasteiger partial charge >= 0.3 is 5.97 Å². The molecule has 0 saturated carbocycles. The minimum atomic E-state index is -3.29. The molecular weight excluding hydrogens is 288 g/mol. The summed E-state index contributed by atoms with van der Waals surface area (Å²) in [5.41, 5.74) is 1.99. The summed E-state index contributed by atoms with van der Waals surface area (Å²) in [5, 5.41) is 9.33. The van der Waals surface area contributed by atoms with Crippen molar-refractivity contribution in [3.63, 3.8) is 0 Å². The van der Waals surface area contributed by atoms with Crippen LogP contribution in [0.5, 0.6) is 0 Å². The Balaban J connectivity index is 2.82. The predicted octanol–water partition coefficient (Wildman–Crippen LogP) is 2.84. The van der Waals surface area contributed by atoms with E-state index in [1.807, 2.05) is 31.2 Å². The van der Waals surface area contributed by atoms with Crippen molar-refractivity contribution < 1.29 is 18.3 Å². The van der Waals surface area contributed by atoms with Crippen LogP contribution in [0.1, 0.15) is 38.3 Å². The molecule has 1 atom stereocenters. The number of hydrogen-bond acceptors (Lipinski definition) is 3. The molecule has 0 amide bonds. The van der Waals surface area contributed by atoms with Crippen LogP contribution >= 0.6 is 0 Å². The minimum absolute atomic E-state index is 0.0979. The highest BCUT2D eigenvalue weighted by atomic mass is 32.2. The molecule has 0 aromatic heterocycles. The van der Waals surface area contributed by atoms with Crippen LogP contribution in [0.25, 0.3) is 0 Å². The first kappa shape index (κ1) is 17.7. The molecule has 1 N–H and O–H groups in total. The molecule has 0 aliphatic carbocycles. The predicted molar refractivity (Wildman–Crippen MR) is 84.2 cm³/mol. The maximum atomic E-state index is 12.1. The quantitative estimate of drug-likeness (QED) is 0.876. The third-order valence-corrected chi connectivity index (χ3v) is 6.38. The van der Waals surface area contributed by atoms with Crippen LogP contribution in [0, 0.1) is 12.8 Å². The summed E-state index contributed by atoms with van der Waals surface area (Å²) in [6.45, 7) is 6.85. The average Bonchev–Trinajstić information content (AvgIpc) is 2.34. The van der Waals surface area contributed by atoms with Crippen LogP contribution in [0.3, 0.4) is 0 Å². The van der Waals surface area contributed by atoms with E-state index in [1.54, 1.807) is 20.8 Å². The molecule has 1 aromatic carbocycles. The van der Waals surface area contributed by atoms with Crippen LogP contribution in [0.2, 0.25) is 0 Å². The number of sulfone groups is 1. The van der Waals surface area contributed by atoms with E-state index in [0.717, 1.165) is 11.1 Å². The number of carbonyl (C=O) groups is 1. The number of carboxylic acids is 1. The molecule has 0 bridgehead atoms. The van der Waals surface area contributed by atoms with Gasteiger partial charge in [0.2, 0.25) is 0 Å². The van der Waals surface area contributed by atoms with Gasteiger partial charge in [-0.3, -0.25) is 4.79 Å². The summed E-state index contributed by atoms with van der Waals surface area (Å²) in [7, 11) is -3.29. The molecule has 0 aliphatic rings. The summed E-state index contributed by atoms with van der Waals surface area (Å²) >= 11 is 0. The van der Waals surface area contributed by atoms with Gasteiger partial charge in [-0.15, -0.1) is 0 Å². The Bertz CT molecular complexity index is 597. The first-order valence-corrected chi connectivity index (χ1v) is 8.69. The highest BCUT2D eigenvalue weighted by molar-refractivity contribution is 7.92. The lowest BCUT2D eigenvalue weighted by molar-refractivity contribution is -0.141. The molecule has 0 radical (unpaired) electrons. The van der Waals surface area contributed by atoms with E-state index in [0.29, 0.717) is 6.42 Å². The van der Waals surface area contributed by atoms with Crippen molar-refractivity contribution in [3.8, 4) is 0 Å². The second kappa shape index (κ2) is 6.60. The number of rotatable bonds is 6. The Kier molecular flexibility index (Phi) is 5.56. The molecule has 0 saturated heterocycles. The number of aryl methyl sites for hydroxylation is 1. The fourth-order valence-corrected chi connectivity index (χ4v) is 3.23. The average molecular weight is 312 g/mol. The minimum Gasteiger partial charge on any atom is -0.481 e. The van der Waals surface area contributed by atoms with Crippen LogP contribution < -0.4 is 0 Å². The van der Waals surface area contributed by atoms with Crippen LogP contribution in [-0.2, 0) is 21.1 Å². The molecule has 0 fully saturated rings. The second-order valence-electron chi connectivity index (χ2n) is 6.39. The van der Waals surface area contributed by atoms with E-state index < -0.39 is 26.5 Å². The molecule has 5 heteroatoms. The topological polar surface area (TPSA) is 71.4 Å². The number of benzene rings is 1. The van der Waals surface area contributed by atoms with Gasteiger partial charge in [0.1, 0.15) is 0 Å². The molecule has 0 spiro atoms. The maximum Gasteiger partial charge on any atom is 0.306 e. The van der Waals surface area contributed by atoms with Gasteiger partial charge in [0.05, 0.1) is 16.4 Å². The SMILES string of the molecule is Cc1ccccc1CC(CCS(=O)(=O)C(C)(C)C)C(=O)O. The highest BCUT2D eigenvalue weighted by Crippen LogP contribution is 2.21. The van der Waals surface area contributed by atoms with E-state index in [-0.39, 0.29) is 12.2 Å². The van der Waals surface area contributed by atoms with Gasteiger partial charge in [-0.05, 0) is 51.7 Å². The second-order valence-corrected chi connectivity index (χ2v) is 9.25. The zero-order chi connectivity index (χ0) is 16.3. The van der Waals surface area contributed by atoms with Crippen molar-refractivity contribution in [1.82, 2.24) is 0 Å². The van der Waals surface area contributed by atoms with Gasteiger partial charge in [-0.25, -0.2) is 8.42 Å². The summed E-state index contributed by atoms with van der Waals surface area (Å²) in [5.74, 6) is -1.72. The zero-order valence-electron chi connectivity index (χ0n) is 13.1.